The molecule has 1 fully saturated rings. The summed E-state index contributed by atoms with van der Waals surface area (Å²) in [6.45, 7) is 6.65. The summed E-state index contributed by atoms with van der Waals surface area (Å²) in [7, 11) is -2.11. The van der Waals surface area contributed by atoms with Gasteiger partial charge < -0.3 is 9.84 Å². The van der Waals surface area contributed by atoms with Gasteiger partial charge in [0.25, 0.3) is 15.9 Å². The fourth-order valence-electron chi connectivity index (χ4n) is 5.84. The number of rotatable bonds is 11. The van der Waals surface area contributed by atoms with E-state index in [0.29, 0.717) is 29.9 Å². The Bertz CT molecular complexity index is 1570. The molecule has 5 rings (SSSR count). The van der Waals surface area contributed by atoms with E-state index in [1.807, 2.05) is 36.2 Å². The van der Waals surface area contributed by atoms with Crippen molar-refractivity contribution in [3.63, 3.8) is 0 Å². The number of carbonyl (C=O) groups excluding carboxylic acids is 1. The van der Waals surface area contributed by atoms with Crippen LogP contribution in [0.4, 0.5) is 5.88 Å². The van der Waals surface area contributed by atoms with Gasteiger partial charge in [-0.15, -0.1) is 0 Å². The summed E-state index contributed by atoms with van der Waals surface area (Å²) in [6, 6.07) is 12.9. The third-order valence-electron chi connectivity index (χ3n) is 8.21. The summed E-state index contributed by atoms with van der Waals surface area (Å²) in [5.41, 5.74) is 4.00. The van der Waals surface area contributed by atoms with Crippen LogP contribution < -0.4 is 10.0 Å². The number of hydrogen-bond donors (Lipinski definition) is 2. The number of nitrogens with zero attached hydrogens (tertiary/aromatic N) is 3. The zero-order chi connectivity index (χ0) is 29.2. The number of benzene rings is 2. The Hall–Kier alpha value is -3.50. The normalized spacial score (nSPS) is 16.5. The number of aromatic nitrogens is 1. The molecule has 10 heteroatoms. The van der Waals surface area contributed by atoms with Crippen LogP contribution in [0.2, 0.25) is 0 Å². The van der Waals surface area contributed by atoms with E-state index in [4.69, 9.17) is 9.52 Å². The Kier molecular flexibility index (Phi) is 8.33. The third kappa shape index (κ3) is 5.67. The minimum absolute atomic E-state index is 0.110. The van der Waals surface area contributed by atoms with Gasteiger partial charge in [-0.1, -0.05) is 67.7 Å². The molecule has 2 aliphatic rings. The van der Waals surface area contributed by atoms with Crippen molar-refractivity contribution in [2.24, 2.45) is 4.99 Å². The first kappa shape index (κ1) is 29.0. The average molecular weight is 578 g/mol. The van der Waals surface area contributed by atoms with E-state index in [2.05, 4.69) is 28.2 Å². The number of unbranched alkanes of at least 4 members (excludes halogenated alkanes) is 1. The molecule has 1 amide bonds. The highest BCUT2D eigenvalue weighted by molar-refractivity contribution is 7.92. The van der Waals surface area contributed by atoms with Crippen LogP contribution in [0.25, 0.3) is 11.1 Å². The predicted molar refractivity (Wildman–Crippen MR) is 160 cm³/mol. The maximum absolute atomic E-state index is 13.7. The second kappa shape index (κ2) is 11.8. The molecule has 0 bridgehead atoms. The molecule has 9 nitrogen and oxygen atoms in total. The summed E-state index contributed by atoms with van der Waals surface area (Å²) < 4.78 is 34.9. The van der Waals surface area contributed by atoms with Crippen LogP contribution in [0.3, 0.4) is 0 Å². The van der Waals surface area contributed by atoms with Crippen LogP contribution in [0.1, 0.15) is 74.3 Å². The molecule has 1 spiro atoms. The fraction of sp³-hybridized carbons (Fsp3) is 0.452. The highest BCUT2D eigenvalue weighted by atomic mass is 32.2. The Morgan fingerprint density at radius 3 is 2.51 bits per heavy atom. The largest absolute Gasteiger partial charge is 0.337 e. The van der Waals surface area contributed by atoms with Crippen molar-refractivity contribution < 1.29 is 17.7 Å². The van der Waals surface area contributed by atoms with E-state index in [1.165, 1.54) is 0 Å². The van der Waals surface area contributed by atoms with Gasteiger partial charge in [0.15, 0.2) is 0 Å². The van der Waals surface area contributed by atoms with Gasteiger partial charge in [-0.05, 0) is 62.9 Å². The molecule has 41 heavy (non-hydrogen) atoms. The molecule has 0 saturated heterocycles. The lowest BCUT2D eigenvalue weighted by molar-refractivity contribution is -0.131. The van der Waals surface area contributed by atoms with Gasteiger partial charge in [0.1, 0.15) is 11.4 Å². The van der Waals surface area contributed by atoms with Crippen molar-refractivity contribution in [3.05, 3.63) is 64.8 Å². The quantitative estimate of drug-likeness (QED) is 0.301. The van der Waals surface area contributed by atoms with Gasteiger partial charge >= 0.3 is 0 Å². The molecular weight excluding hydrogens is 538 g/mol. The van der Waals surface area contributed by atoms with E-state index in [1.54, 1.807) is 26.0 Å². The lowest BCUT2D eigenvalue weighted by Crippen LogP contribution is -2.40. The molecule has 2 aromatic carbocycles. The number of amidine groups is 1. The number of anilines is 1. The van der Waals surface area contributed by atoms with Crippen LogP contribution in [-0.4, -0.2) is 42.8 Å². The number of hydrogen-bond acceptors (Lipinski definition) is 7. The molecule has 2 N–H and O–H groups in total. The van der Waals surface area contributed by atoms with Crippen LogP contribution in [-0.2, 0) is 27.9 Å². The Morgan fingerprint density at radius 2 is 1.83 bits per heavy atom. The molecule has 0 atom stereocenters. The molecule has 0 radical (unpaired) electrons. The Morgan fingerprint density at radius 1 is 1.07 bits per heavy atom. The Labute approximate surface area is 242 Å². The third-order valence-corrected chi connectivity index (χ3v) is 9.60. The fourth-order valence-corrected chi connectivity index (χ4v) is 7.11. The number of nitrogens with one attached hydrogen (secondary N) is 2. The first-order valence-electron chi connectivity index (χ1n) is 14.4. The van der Waals surface area contributed by atoms with Crippen molar-refractivity contribution in [1.29, 1.82) is 0 Å². The van der Waals surface area contributed by atoms with E-state index < -0.39 is 15.6 Å². The van der Waals surface area contributed by atoms with Crippen molar-refractivity contribution in [3.8, 4) is 11.1 Å². The first-order valence-corrected chi connectivity index (χ1v) is 15.9. The van der Waals surface area contributed by atoms with Crippen LogP contribution in [0.15, 0.2) is 56.9 Å². The van der Waals surface area contributed by atoms with Gasteiger partial charge in [-0.25, -0.2) is 13.1 Å². The average Bonchev–Trinajstić information content (AvgIpc) is 3.63. The maximum atomic E-state index is 13.7. The van der Waals surface area contributed by atoms with Gasteiger partial charge in [0.05, 0.1) is 17.1 Å². The van der Waals surface area contributed by atoms with E-state index in [9.17, 15) is 13.2 Å². The molecule has 1 aliphatic heterocycles. The number of amides is 1. The minimum Gasteiger partial charge on any atom is -0.337 e. The van der Waals surface area contributed by atoms with Crippen molar-refractivity contribution in [2.45, 2.75) is 89.2 Å². The molecule has 3 aromatic rings. The van der Waals surface area contributed by atoms with Gasteiger partial charge in [0, 0.05) is 24.1 Å². The molecule has 1 aliphatic carbocycles. The molecule has 1 aromatic heterocycles. The summed E-state index contributed by atoms with van der Waals surface area (Å²) in [5, 5.41) is 7.08. The molecular formula is C31H39N5O4S. The monoisotopic (exact) mass is 577 g/mol. The van der Waals surface area contributed by atoms with E-state index in [0.717, 1.165) is 67.5 Å². The molecule has 0 unspecified atom stereocenters. The summed E-state index contributed by atoms with van der Waals surface area (Å²) in [5.74, 6) is 1.14. The van der Waals surface area contributed by atoms with Crippen LogP contribution in [0.5, 0.6) is 0 Å². The molecule has 2 heterocycles. The highest BCUT2D eigenvalue weighted by Gasteiger charge is 2.49. The van der Waals surface area contributed by atoms with Crippen LogP contribution in [0, 0.1) is 13.8 Å². The van der Waals surface area contributed by atoms with Crippen molar-refractivity contribution in [1.82, 2.24) is 15.4 Å². The van der Waals surface area contributed by atoms with Crippen molar-refractivity contribution >= 4 is 27.7 Å². The number of aryl methyl sites for hydroxylation is 1. The second-order valence-electron chi connectivity index (χ2n) is 11.1. The maximum Gasteiger partial charge on any atom is 0.264 e. The zero-order valence-electron chi connectivity index (χ0n) is 24.3. The smallest absolute Gasteiger partial charge is 0.264 e. The summed E-state index contributed by atoms with van der Waals surface area (Å²) >= 11 is 0. The number of carbonyl (C=O) groups is 1. The topological polar surface area (TPSA) is 117 Å². The molecule has 1 saturated carbocycles. The molecule has 218 valence electrons. The first-order chi connectivity index (χ1) is 19.7. The Balaban J connectivity index is 1.47. The predicted octanol–water partition coefficient (Wildman–Crippen LogP) is 5.72. The number of sulfonamides is 1. The van der Waals surface area contributed by atoms with Gasteiger partial charge in [-0.2, -0.15) is 0 Å². The lowest BCUT2D eigenvalue weighted by Gasteiger charge is -2.23. The van der Waals surface area contributed by atoms with Gasteiger partial charge in [-0.3, -0.25) is 14.7 Å². The highest BCUT2D eigenvalue weighted by Crippen LogP contribution is 2.40. The van der Waals surface area contributed by atoms with E-state index in [-0.39, 0.29) is 16.7 Å². The van der Waals surface area contributed by atoms with E-state index >= 15 is 0 Å². The summed E-state index contributed by atoms with van der Waals surface area (Å²) in [6.07, 6.45) is 6.57. The van der Waals surface area contributed by atoms with Gasteiger partial charge in [0.2, 0.25) is 5.88 Å². The van der Waals surface area contributed by atoms with Crippen molar-refractivity contribution in [2.75, 3.05) is 11.8 Å². The van der Waals surface area contributed by atoms with Crippen LogP contribution >= 0.6 is 0 Å². The number of aliphatic imine (C=N–C) groups is 1. The second-order valence-corrected chi connectivity index (χ2v) is 12.8. The minimum atomic E-state index is -3.97. The standard InChI is InChI=1S/C31H39N5O4S/c1-5-6-13-28-33-31(16-9-10-17-31)30(37)36(28)20-23-14-15-25(24(18-23)19-32-4)26-11-7-8-12-27(26)41(38,39)35-29-21(2)22(3)34-40-29/h7-8,11-12,14-15,18,32,35H,5-6,9-10,13,16-17,19-20H2,1-4H3. The zero-order valence-corrected chi connectivity index (χ0v) is 25.1. The SMILES string of the molecule is CCCCC1=NC2(CCCC2)C(=O)N1Cc1ccc(-c2ccccc2S(=O)(=O)Nc2onc(C)c2C)c(CNC)c1. The lowest BCUT2D eigenvalue weighted by atomic mass is 9.96. The summed E-state index contributed by atoms with van der Waals surface area (Å²) in [4.78, 5) is 20.7.